The fraction of sp³-hybridized carbons (Fsp3) is 0.400. The van der Waals surface area contributed by atoms with E-state index >= 15 is 0 Å². The lowest BCUT2D eigenvalue weighted by atomic mass is 10.00. The van der Waals surface area contributed by atoms with Crippen LogP contribution >= 0.6 is 0 Å². The predicted molar refractivity (Wildman–Crippen MR) is 72.5 cm³/mol. The molecule has 0 amide bonds. The molecule has 0 aliphatic rings. The van der Waals surface area contributed by atoms with E-state index < -0.39 is 17.7 Å². The third kappa shape index (κ3) is 3.04. The lowest BCUT2D eigenvalue weighted by Gasteiger charge is -2.11. The Morgan fingerprint density at radius 2 is 1.90 bits per heavy atom. The number of aliphatic hydroxyl groups excluding tert-OH is 1. The molecule has 0 saturated heterocycles. The molecule has 1 N–H and O–H groups in total. The minimum Gasteiger partial charge on any atom is -0.392 e. The average molecular weight is 280 g/mol. The standard InChI is InChI=1S/C15H18F2N2O/c1-9-13(10(2)19(3)18-9)8-12(20)6-11-4-5-14(16)15(17)7-11/h4-5,7,12,20H,6,8H2,1-3H3. The van der Waals surface area contributed by atoms with E-state index in [0.717, 1.165) is 29.1 Å². The number of hydrogen-bond donors (Lipinski definition) is 1. The lowest BCUT2D eigenvalue weighted by Crippen LogP contribution is -2.15. The molecule has 0 aliphatic carbocycles. The van der Waals surface area contributed by atoms with Crippen LogP contribution in [0.15, 0.2) is 18.2 Å². The lowest BCUT2D eigenvalue weighted by molar-refractivity contribution is 0.175. The molecule has 0 fully saturated rings. The first kappa shape index (κ1) is 14.7. The number of hydrogen-bond acceptors (Lipinski definition) is 2. The first-order chi connectivity index (χ1) is 9.38. The molecule has 0 aliphatic heterocycles. The van der Waals surface area contributed by atoms with Gasteiger partial charge in [0.15, 0.2) is 11.6 Å². The maximum atomic E-state index is 13.1. The number of benzene rings is 1. The van der Waals surface area contributed by atoms with E-state index in [0.29, 0.717) is 12.0 Å². The molecule has 0 spiro atoms. The third-order valence-corrected chi connectivity index (χ3v) is 3.55. The Balaban J connectivity index is 2.08. The zero-order chi connectivity index (χ0) is 14.9. The Morgan fingerprint density at radius 1 is 1.20 bits per heavy atom. The molecule has 5 heteroatoms. The van der Waals surface area contributed by atoms with Gasteiger partial charge < -0.3 is 5.11 Å². The predicted octanol–water partition coefficient (Wildman–Crippen LogP) is 2.46. The van der Waals surface area contributed by atoms with Crippen molar-refractivity contribution in [2.45, 2.75) is 32.8 Å². The van der Waals surface area contributed by atoms with Crippen molar-refractivity contribution in [2.24, 2.45) is 7.05 Å². The van der Waals surface area contributed by atoms with Crippen LogP contribution in [0.3, 0.4) is 0 Å². The number of halogens is 2. The molecule has 2 rings (SSSR count). The van der Waals surface area contributed by atoms with E-state index in [1.807, 2.05) is 20.9 Å². The molecule has 0 saturated carbocycles. The summed E-state index contributed by atoms with van der Waals surface area (Å²) in [5.74, 6) is -1.76. The molecule has 1 heterocycles. The van der Waals surface area contributed by atoms with Crippen molar-refractivity contribution < 1.29 is 13.9 Å². The van der Waals surface area contributed by atoms with E-state index in [1.54, 1.807) is 4.68 Å². The van der Waals surface area contributed by atoms with E-state index in [9.17, 15) is 13.9 Å². The van der Waals surface area contributed by atoms with E-state index in [1.165, 1.54) is 6.07 Å². The van der Waals surface area contributed by atoms with Gasteiger partial charge in [-0.3, -0.25) is 4.68 Å². The van der Waals surface area contributed by atoms with Crippen LogP contribution in [0.2, 0.25) is 0 Å². The van der Waals surface area contributed by atoms with Crippen LogP contribution in [0.5, 0.6) is 0 Å². The first-order valence-electron chi connectivity index (χ1n) is 6.49. The van der Waals surface area contributed by atoms with Gasteiger partial charge in [0.05, 0.1) is 11.8 Å². The minimum absolute atomic E-state index is 0.283. The van der Waals surface area contributed by atoms with Gasteiger partial charge in [0.2, 0.25) is 0 Å². The van der Waals surface area contributed by atoms with Crippen LogP contribution in [0.1, 0.15) is 22.5 Å². The number of nitrogens with zero attached hydrogens (tertiary/aromatic N) is 2. The molecule has 20 heavy (non-hydrogen) atoms. The van der Waals surface area contributed by atoms with Crippen LogP contribution < -0.4 is 0 Å². The fourth-order valence-corrected chi connectivity index (χ4v) is 2.36. The van der Waals surface area contributed by atoms with Gasteiger partial charge in [0.25, 0.3) is 0 Å². The third-order valence-electron chi connectivity index (χ3n) is 3.55. The van der Waals surface area contributed by atoms with Gasteiger partial charge in [-0.05, 0) is 43.5 Å². The van der Waals surface area contributed by atoms with Crippen molar-refractivity contribution in [3.8, 4) is 0 Å². The van der Waals surface area contributed by atoms with E-state index in [2.05, 4.69) is 5.10 Å². The van der Waals surface area contributed by atoms with Gasteiger partial charge in [-0.2, -0.15) is 5.10 Å². The summed E-state index contributed by atoms with van der Waals surface area (Å²) in [6.45, 7) is 3.84. The molecule has 0 radical (unpaired) electrons. The van der Waals surface area contributed by atoms with Crippen molar-refractivity contribution in [3.63, 3.8) is 0 Å². The average Bonchev–Trinajstić information content (AvgIpc) is 2.61. The molecule has 1 unspecified atom stereocenters. The largest absolute Gasteiger partial charge is 0.392 e. The van der Waals surface area contributed by atoms with Gasteiger partial charge in [-0.25, -0.2) is 8.78 Å². The van der Waals surface area contributed by atoms with Crippen molar-refractivity contribution in [1.29, 1.82) is 0 Å². The van der Waals surface area contributed by atoms with E-state index in [4.69, 9.17) is 0 Å². The monoisotopic (exact) mass is 280 g/mol. The Kier molecular flexibility index (Phi) is 4.18. The smallest absolute Gasteiger partial charge is 0.159 e. The zero-order valence-electron chi connectivity index (χ0n) is 11.8. The Bertz CT molecular complexity index is 623. The second kappa shape index (κ2) is 5.71. The first-order valence-corrected chi connectivity index (χ1v) is 6.49. The van der Waals surface area contributed by atoms with Crippen LogP contribution in [-0.2, 0) is 19.9 Å². The maximum Gasteiger partial charge on any atom is 0.159 e. The summed E-state index contributed by atoms with van der Waals surface area (Å²) < 4.78 is 27.7. The van der Waals surface area contributed by atoms with Crippen LogP contribution in [0.25, 0.3) is 0 Å². The zero-order valence-corrected chi connectivity index (χ0v) is 11.8. The SMILES string of the molecule is Cc1nn(C)c(C)c1CC(O)Cc1ccc(F)c(F)c1. The fourth-order valence-electron chi connectivity index (χ4n) is 2.36. The highest BCUT2D eigenvalue weighted by atomic mass is 19.2. The summed E-state index contributed by atoms with van der Waals surface area (Å²) in [6.07, 6.45) is 0.0802. The molecule has 0 bridgehead atoms. The van der Waals surface area contributed by atoms with Crippen molar-refractivity contribution in [3.05, 3.63) is 52.3 Å². The topological polar surface area (TPSA) is 38.0 Å². The van der Waals surface area contributed by atoms with Crippen LogP contribution in [0.4, 0.5) is 8.78 Å². The molecule has 108 valence electrons. The highest BCUT2D eigenvalue weighted by Gasteiger charge is 2.15. The number of aryl methyl sites for hydroxylation is 2. The number of aliphatic hydroxyl groups is 1. The molecule has 1 aromatic carbocycles. The molecule has 3 nitrogen and oxygen atoms in total. The Hall–Kier alpha value is -1.75. The summed E-state index contributed by atoms with van der Waals surface area (Å²) in [4.78, 5) is 0. The molecular formula is C15H18F2N2O. The molecular weight excluding hydrogens is 262 g/mol. The molecule has 2 aromatic rings. The normalized spacial score (nSPS) is 12.7. The van der Waals surface area contributed by atoms with Crippen LogP contribution in [0, 0.1) is 25.5 Å². The highest BCUT2D eigenvalue weighted by Crippen LogP contribution is 2.17. The summed E-state index contributed by atoms with van der Waals surface area (Å²) in [5.41, 5.74) is 3.47. The Morgan fingerprint density at radius 3 is 2.45 bits per heavy atom. The quantitative estimate of drug-likeness (QED) is 0.934. The second-order valence-electron chi connectivity index (χ2n) is 5.08. The summed E-state index contributed by atoms with van der Waals surface area (Å²) in [5, 5.41) is 14.4. The number of rotatable bonds is 4. The van der Waals surface area contributed by atoms with Gasteiger partial charge in [0, 0.05) is 19.2 Å². The second-order valence-corrected chi connectivity index (χ2v) is 5.08. The van der Waals surface area contributed by atoms with Gasteiger partial charge in [-0.15, -0.1) is 0 Å². The summed E-state index contributed by atoms with van der Waals surface area (Å²) in [6, 6.07) is 3.70. The minimum atomic E-state index is -0.886. The van der Waals surface area contributed by atoms with Gasteiger partial charge >= 0.3 is 0 Å². The van der Waals surface area contributed by atoms with Crippen LogP contribution in [-0.4, -0.2) is 21.0 Å². The number of aromatic nitrogens is 2. The molecule has 1 atom stereocenters. The Labute approximate surface area is 116 Å². The van der Waals surface area contributed by atoms with Crippen molar-refractivity contribution in [1.82, 2.24) is 9.78 Å². The van der Waals surface area contributed by atoms with Crippen molar-refractivity contribution >= 4 is 0 Å². The molecule has 1 aromatic heterocycles. The van der Waals surface area contributed by atoms with E-state index in [-0.39, 0.29) is 6.42 Å². The van der Waals surface area contributed by atoms with Gasteiger partial charge in [0.1, 0.15) is 0 Å². The summed E-state index contributed by atoms with van der Waals surface area (Å²) >= 11 is 0. The van der Waals surface area contributed by atoms with Gasteiger partial charge in [-0.1, -0.05) is 6.07 Å². The summed E-state index contributed by atoms with van der Waals surface area (Å²) in [7, 11) is 1.85. The highest BCUT2D eigenvalue weighted by molar-refractivity contribution is 5.26. The van der Waals surface area contributed by atoms with Crippen molar-refractivity contribution in [2.75, 3.05) is 0 Å². The maximum absolute atomic E-state index is 13.1.